The fourth-order valence-electron chi connectivity index (χ4n) is 3.24. The average Bonchev–Trinajstić information content (AvgIpc) is 3.19. The number of aromatic amines is 1. The zero-order valence-electron chi connectivity index (χ0n) is 14.2. The van der Waals surface area contributed by atoms with Crippen molar-refractivity contribution in [2.24, 2.45) is 0 Å². The van der Waals surface area contributed by atoms with E-state index >= 15 is 0 Å². The van der Waals surface area contributed by atoms with Crippen LogP contribution in [0.1, 0.15) is 16.8 Å². The summed E-state index contributed by atoms with van der Waals surface area (Å²) in [7, 11) is 0. The van der Waals surface area contributed by atoms with E-state index in [9.17, 15) is 9.50 Å². The van der Waals surface area contributed by atoms with Gasteiger partial charge in [0.15, 0.2) is 5.60 Å². The number of aromatic nitrogens is 2. The lowest BCUT2D eigenvalue weighted by Gasteiger charge is -2.29. The molecule has 2 N–H and O–H groups in total. The molecule has 3 aromatic carbocycles. The molecule has 1 heterocycles. The summed E-state index contributed by atoms with van der Waals surface area (Å²) in [6.07, 6.45) is 1.66. The summed E-state index contributed by atoms with van der Waals surface area (Å²) < 4.78 is 13.5. The van der Waals surface area contributed by atoms with Gasteiger partial charge in [-0.3, -0.25) is 5.10 Å². The third-order valence-corrected chi connectivity index (χ3v) is 4.86. The summed E-state index contributed by atoms with van der Waals surface area (Å²) in [6, 6.07) is 22.4. The third-order valence-electron chi connectivity index (χ3n) is 4.61. The van der Waals surface area contributed by atoms with Gasteiger partial charge in [-0.1, -0.05) is 66.2 Å². The molecule has 0 spiro atoms. The van der Waals surface area contributed by atoms with Crippen molar-refractivity contribution in [1.29, 1.82) is 0 Å². The maximum atomic E-state index is 13.5. The molecule has 0 aliphatic heterocycles. The fraction of sp³-hybridized carbons (Fsp3) is 0.0455. The lowest BCUT2D eigenvalue weighted by Crippen LogP contribution is -2.30. The molecule has 0 radical (unpaired) electrons. The molecule has 3 nitrogen and oxygen atoms in total. The maximum absolute atomic E-state index is 13.5. The predicted molar refractivity (Wildman–Crippen MR) is 104 cm³/mol. The number of halogens is 2. The SMILES string of the molecule is O[C@@](c1ccccc1)(c1ccc(F)cc1)c1[nH]ncc1-c1ccc(Cl)cc1. The Morgan fingerprint density at radius 1 is 0.852 bits per heavy atom. The van der Waals surface area contributed by atoms with Crippen molar-refractivity contribution in [1.82, 2.24) is 10.2 Å². The van der Waals surface area contributed by atoms with Crippen LogP contribution in [0.2, 0.25) is 5.02 Å². The molecule has 0 unspecified atom stereocenters. The Bertz CT molecular complexity index is 1050. The number of rotatable bonds is 4. The average molecular weight is 379 g/mol. The molecular weight excluding hydrogens is 363 g/mol. The zero-order valence-corrected chi connectivity index (χ0v) is 15.0. The van der Waals surface area contributed by atoms with Crippen LogP contribution in [-0.4, -0.2) is 15.3 Å². The Balaban J connectivity index is 1.95. The van der Waals surface area contributed by atoms with Crippen molar-refractivity contribution in [3.8, 4) is 11.1 Å². The summed E-state index contributed by atoms with van der Waals surface area (Å²) in [5, 5.41) is 19.6. The second-order valence-corrected chi connectivity index (χ2v) is 6.69. The molecule has 0 aliphatic carbocycles. The Morgan fingerprint density at radius 2 is 1.48 bits per heavy atom. The van der Waals surface area contributed by atoms with Crippen LogP contribution in [0, 0.1) is 5.82 Å². The van der Waals surface area contributed by atoms with Gasteiger partial charge in [0, 0.05) is 10.6 Å². The van der Waals surface area contributed by atoms with Crippen molar-refractivity contribution in [2.45, 2.75) is 5.60 Å². The minimum absolute atomic E-state index is 0.364. The summed E-state index contributed by atoms with van der Waals surface area (Å²) in [5.74, 6) is -0.364. The first-order valence-corrected chi connectivity index (χ1v) is 8.80. The van der Waals surface area contributed by atoms with Gasteiger partial charge in [-0.15, -0.1) is 0 Å². The second-order valence-electron chi connectivity index (χ2n) is 6.25. The van der Waals surface area contributed by atoms with Crippen LogP contribution in [0.5, 0.6) is 0 Å². The molecule has 1 atom stereocenters. The van der Waals surface area contributed by atoms with Gasteiger partial charge in [-0.05, 0) is 41.0 Å². The van der Waals surface area contributed by atoms with Gasteiger partial charge in [0.1, 0.15) is 5.82 Å². The standard InChI is InChI=1S/C22H16ClFN2O/c23-18-10-6-15(7-11-18)20-14-25-26-21(20)22(27,16-4-2-1-3-5-16)17-8-12-19(24)13-9-17/h1-14,27H,(H,25,26)/t22-/m0/s1. The lowest BCUT2D eigenvalue weighted by molar-refractivity contribution is 0.121. The van der Waals surface area contributed by atoms with Gasteiger partial charge in [0.2, 0.25) is 0 Å². The predicted octanol–water partition coefficient (Wildman–Crippen LogP) is 5.15. The molecule has 27 heavy (non-hydrogen) atoms. The fourth-order valence-corrected chi connectivity index (χ4v) is 3.36. The van der Waals surface area contributed by atoms with Crippen molar-refractivity contribution in [2.75, 3.05) is 0 Å². The first kappa shape index (κ1) is 17.5. The first-order chi connectivity index (χ1) is 13.1. The Labute approximate surface area is 161 Å². The van der Waals surface area contributed by atoms with Crippen molar-refractivity contribution in [3.63, 3.8) is 0 Å². The van der Waals surface area contributed by atoms with E-state index in [4.69, 9.17) is 11.6 Å². The maximum Gasteiger partial charge on any atom is 0.157 e. The highest BCUT2D eigenvalue weighted by atomic mass is 35.5. The van der Waals surface area contributed by atoms with Crippen LogP contribution in [-0.2, 0) is 5.60 Å². The molecule has 1 aromatic heterocycles. The number of hydrogen-bond acceptors (Lipinski definition) is 2. The molecule has 0 fully saturated rings. The first-order valence-electron chi connectivity index (χ1n) is 8.43. The normalized spacial score (nSPS) is 13.3. The van der Waals surface area contributed by atoms with E-state index in [2.05, 4.69) is 10.2 Å². The Hall–Kier alpha value is -2.95. The minimum atomic E-state index is -1.53. The van der Waals surface area contributed by atoms with Crippen LogP contribution in [0.4, 0.5) is 4.39 Å². The molecule has 0 amide bonds. The molecule has 4 rings (SSSR count). The van der Waals surface area contributed by atoms with E-state index in [0.717, 1.165) is 11.1 Å². The van der Waals surface area contributed by atoms with Crippen LogP contribution in [0.25, 0.3) is 11.1 Å². The number of aliphatic hydroxyl groups is 1. The van der Waals surface area contributed by atoms with Crippen LogP contribution in [0.3, 0.4) is 0 Å². The molecule has 0 saturated heterocycles. The molecular formula is C22H16ClFN2O. The minimum Gasteiger partial charge on any atom is -0.374 e. The van der Waals surface area contributed by atoms with Gasteiger partial charge >= 0.3 is 0 Å². The number of hydrogen-bond donors (Lipinski definition) is 2. The number of nitrogens with zero attached hydrogens (tertiary/aromatic N) is 1. The van der Waals surface area contributed by atoms with E-state index in [1.807, 2.05) is 42.5 Å². The van der Waals surface area contributed by atoms with E-state index in [0.29, 0.717) is 21.8 Å². The van der Waals surface area contributed by atoms with E-state index < -0.39 is 5.60 Å². The molecule has 0 aliphatic rings. The Morgan fingerprint density at radius 3 is 2.15 bits per heavy atom. The highest BCUT2D eigenvalue weighted by Gasteiger charge is 2.37. The quantitative estimate of drug-likeness (QED) is 0.515. The van der Waals surface area contributed by atoms with Gasteiger partial charge in [0.05, 0.1) is 11.9 Å². The van der Waals surface area contributed by atoms with Crippen molar-refractivity contribution in [3.05, 3.63) is 113 Å². The van der Waals surface area contributed by atoms with Crippen molar-refractivity contribution < 1.29 is 9.50 Å². The molecule has 0 bridgehead atoms. The van der Waals surface area contributed by atoms with E-state index in [-0.39, 0.29) is 5.82 Å². The van der Waals surface area contributed by atoms with Crippen LogP contribution in [0.15, 0.2) is 85.1 Å². The summed E-state index contributed by atoms with van der Waals surface area (Å²) in [5.41, 5.74) is 1.76. The third kappa shape index (κ3) is 3.14. The number of benzene rings is 3. The highest BCUT2D eigenvalue weighted by Crippen LogP contribution is 2.40. The van der Waals surface area contributed by atoms with Gasteiger partial charge < -0.3 is 5.11 Å². The highest BCUT2D eigenvalue weighted by molar-refractivity contribution is 6.30. The number of H-pyrrole nitrogens is 1. The van der Waals surface area contributed by atoms with E-state index in [1.165, 1.54) is 12.1 Å². The van der Waals surface area contributed by atoms with E-state index in [1.54, 1.807) is 30.5 Å². The largest absolute Gasteiger partial charge is 0.374 e. The van der Waals surface area contributed by atoms with Crippen LogP contribution >= 0.6 is 11.6 Å². The topological polar surface area (TPSA) is 48.9 Å². The van der Waals surface area contributed by atoms with Crippen LogP contribution < -0.4 is 0 Å². The molecule has 134 valence electrons. The number of nitrogens with one attached hydrogen (secondary N) is 1. The molecule has 0 saturated carbocycles. The summed E-state index contributed by atoms with van der Waals surface area (Å²) >= 11 is 6.00. The Kier molecular flexibility index (Phi) is 4.52. The zero-order chi connectivity index (χ0) is 18.9. The second kappa shape index (κ2) is 6.99. The smallest absolute Gasteiger partial charge is 0.157 e. The monoisotopic (exact) mass is 378 g/mol. The van der Waals surface area contributed by atoms with Gasteiger partial charge in [-0.25, -0.2) is 4.39 Å². The summed E-state index contributed by atoms with van der Waals surface area (Å²) in [4.78, 5) is 0. The van der Waals surface area contributed by atoms with Gasteiger partial charge in [0.25, 0.3) is 0 Å². The van der Waals surface area contributed by atoms with Gasteiger partial charge in [-0.2, -0.15) is 5.10 Å². The lowest BCUT2D eigenvalue weighted by atomic mass is 9.81. The summed E-state index contributed by atoms with van der Waals surface area (Å²) in [6.45, 7) is 0. The molecule has 5 heteroatoms. The van der Waals surface area contributed by atoms with Crippen molar-refractivity contribution >= 4 is 11.6 Å². The molecule has 4 aromatic rings.